The Bertz CT molecular complexity index is 705. The predicted octanol–water partition coefficient (Wildman–Crippen LogP) is 2.84. The maximum absolute atomic E-state index is 13.0. The monoisotopic (exact) mass is 384 g/mol. The van der Waals surface area contributed by atoms with Crippen molar-refractivity contribution < 1.29 is 27.5 Å². The minimum absolute atomic E-state index is 0.0468. The van der Waals surface area contributed by atoms with E-state index in [0.717, 1.165) is 11.1 Å². The molecule has 2 heterocycles. The fourth-order valence-electron chi connectivity index (χ4n) is 3.67. The highest BCUT2D eigenvalue weighted by molar-refractivity contribution is 5.90. The van der Waals surface area contributed by atoms with Gasteiger partial charge in [0.25, 0.3) is 0 Å². The van der Waals surface area contributed by atoms with E-state index in [4.69, 9.17) is 4.74 Å². The van der Waals surface area contributed by atoms with E-state index in [0.29, 0.717) is 17.9 Å². The molecule has 3 atom stereocenters. The van der Waals surface area contributed by atoms with E-state index in [1.54, 1.807) is 11.8 Å². The van der Waals surface area contributed by atoms with Crippen molar-refractivity contribution in [3.05, 3.63) is 35.4 Å². The molecule has 0 aromatic heterocycles. The Morgan fingerprint density at radius 3 is 2.44 bits per heavy atom. The van der Waals surface area contributed by atoms with E-state index < -0.39 is 24.0 Å². The van der Waals surface area contributed by atoms with Crippen LogP contribution < -0.4 is 0 Å². The third kappa shape index (κ3) is 4.10. The Kier molecular flexibility index (Phi) is 5.46. The molecule has 0 bridgehead atoms. The third-order valence-electron chi connectivity index (χ3n) is 5.21. The molecular formula is C19H23F3N2O3. The van der Waals surface area contributed by atoms with Crippen LogP contribution in [0.1, 0.15) is 37.0 Å². The molecular weight excluding hydrogens is 361 g/mol. The third-order valence-corrected chi connectivity index (χ3v) is 5.21. The Labute approximate surface area is 156 Å². The van der Waals surface area contributed by atoms with Crippen molar-refractivity contribution in [2.45, 2.75) is 51.1 Å². The van der Waals surface area contributed by atoms with Crippen molar-refractivity contribution in [1.82, 2.24) is 9.80 Å². The SMILES string of the molecule is Cc1ccc(C2CN(C(=O)C3CCCN3C(=O)C(F)(F)F)C(C)CO2)cc1. The number of halogens is 3. The van der Waals surface area contributed by atoms with Crippen molar-refractivity contribution in [3.8, 4) is 0 Å². The van der Waals surface area contributed by atoms with Gasteiger partial charge in [0, 0.05) is 6.54 Å². The second-order valence-corrected chi connectivity index (χ2v) is 7.23. The van der Waals surface area contributed by atoms with E-state index >= 15 is 0 Å². The topological polar surface area (TPSA) is 49.9 Å². The van der Waals surface area contributed by atoms with Crippen LogP contribution in [-0.4, -0.2) is 59.6 Å². The average Bonchev–Trinajstić information content (AvgIpc) is 3.10. The molecule has 0 aliphatic carbocycles. The average molecular weight is 384 g/mol. The van der Waals surface area contributed by atoms with Gasteiger partial charge in [-0.15, -0.1) is 0 Å². The number of likely N-dealkylation sites (tertiary alicyclic amines) is 1. The fraction of sp³-hybridized carbons (Fsp3) is 0.579. The molecule has 27 heavy (non-hydrogen) atoms. The van der Waals surface area contributed by atoms with Crippen LogP contribution in [0.5, 0.6) is 0 Å². The second-order valence-electron chi connectivity index (χ2n) is 7.23. The van der Waals surface area contributed by atoms with Gasteiger partial charge in [-0.25, -0.2) is 0 Å². The summed E-state index contributed by atoms with van der Waals surface area (Å²) in [5.74, 6) is -2.37. The standard InChI is InChI=1S/C19H23F3N2O3/c1-12-5-7-14(8-6-12)16-10-24(13(2)11-27-16)17(25)15-4-3-9-23(15)18(26)19(20,21)22/h5-8,13,15-16H,3-4,9-11H2,1-2H3. The molecule has 1 aromatic rings. The number of alkyl halides is 3. The lowest BCUT2D eigenvalue weighted by molar-refractivity contribution is -0.188. The Morgan fingerprint density at radius 2 is 1.81 bits per heavy atom. The molecule has 0 N–H and O–H groups in total. The number of carbonyl (C=O) groups is 2. The minimum atomic E-state index is -4.97. The van der Waals surface area contributed by atoms with Gasteiger partial charge < -0.3 is 14.5 Å². The second kappa shape index (κ2) is 7.50. The van der Waals surface area contributed by atoms with Crippen molar-refractivity contribution in [1.29, 1.82) is 0 Å². The normalized spacial score (nSPS) is 26.3. The molecule has 1 aromatic carbocycles. The molecule has 8 heteroatoms. The molecule has 2 aliphatic rings. The number of amides is 2. The summed E-state index contributed by atoms with van der Waals surface area (Å²) in [7, 11) is 0. The quantitative estimate of drug-likeness (QED) is 0.788. The highest BCUT2D eigenvalue weighted by Gasteiger charge is 2.49. The van der Waals surface area contributed by atoms with Crippen LogP contribution in [0.4, 0.5) is 13.2 Å². The Balaban J connectivity index is 1.76. The molecule has 2 saturated heterocycles. The van der Waals surface area contributed by atoms with E-state index in [1.165, 1.54) is 0 Å². The molecule has 3 unspecified atom stereocenters. The molecule has 0 spiro atoms. The number of hydrogen-bond donors (Lipinski definition) is 0. The molecule has 0 saturated carbocycles. The molecule has 2 fully saturated rings. The van der Waals surface area contributed by atoms with Crippen molar-refractivity contribution in [2.24, 2.45) is 0 Å². The first-order chi connectivity index (χ1) is 12.7. The van der Waals surface area contributed by atoms with Crippen LogP contribution >= 0.6 is 0 Å². The number of aryl methyl sites for hydroxylation is 1. The van der Waals surface area contributed by atoms with Crippen LogP contribution in [0.25, 0.3) is 0 Å². The Hall–Kier alpha value is -2.09. The van der Waals surface area contributed by atoms with Gasteiger partial charge in [0.1, 0.15) is 12.1 Å². The summed E-state index contributed by atoms with van der Waals surface area (Å²) in [5.41, 5.74) is 2.02. The van der Waals surface area contributed by atoms with Gasteiger partial charge in [0.2, 0.25) is 5.91 Å². The van der Waals surface area contributed by atoms with Crippen molar-refractivity contribution in [3.63, 3.8) is 0 Å². The number of rotatable bonds is 2. The highest BCUT2D eigenvalue weighted by atomic mass is 19.4. The van der Waals surface area contributed by atoms with Gasteiger partial charge in [-0.05, 0) is 32.3 Å². The van der Waals surface area contributed by atoms with Crippen LogP contribution in [0.15, 0.2) is 24.3 Å². The van der Waals surface area contributed by atoms with Gasteiger partial charge in [0.05, 0.1) is 19.2 Å². The van der Waals surface area contributed by atoms with Crippen molar-refractivity contribution in [2.75, 3.05) is 19.7 Å². The van der Waals surface area contributed by atoms with Gasteiger partial charge in [-0.1, -0.05) is 29.8 Å². The highest BCUT2D eigenvalue weighted by Crippen LogP contribution is 2.30. The van der Waals surface area contributed by atoms with Crippen LogP contribution in [0.2, 0.25) is 0 Å². The van der Waals surface area contributed by atoms with Crippen LogP contribution in [-0.2, 0) is 14.3 Å². The fourth-order valence-corrected chi connectivity index (χ4v) is 3.67. The van der Waals surface area contributed by atoms with E-state index in [-0.39, 0.29) is 31.7 Å². The molecule has 2 amide bonds. The number of carbonyl (C=O) groups excluding carboxylic acids is 2. The van der Waals surface area contributed by atoms with Crippen molar-refractivity contribution >= 4 is 11.8 Å². The van der Waals surface area contributed by atoms with Gasteiger partial charge >= 0.3 is 12.1 Å². The van der Waals surface area contributed by atoms with E-state index in [9.17, 15) is 22.8 Å². The first-order valence-corrected chi connectivity index (χ1v) is 9.05. The largest absolute Gasteiger partial charge is 0.471 e. The summed E-state index contributed by atoms with van der Waals surface area (Å²) >= 11 is 0. The minimum Gasteiger partial charge on any atom is -0.370 e. The first kappa shape index (κ1) is 19.7. The van der Waals surface area contributed by atoms with Crippen LogP contribution in [0, 0.1) is 6.92 Å². The summed E-state index contributed by atoms with van der Waals surface area (Å²) in [6.07, 6.45) is -4.67. The van der Waals surface area contributed by atoms with Crippen LogP contribution in [0.3, 0.4) is 0 Å². The molecule has 3 rings (SSSR count). The first-order valence-electron chi connectivity index (χ1n) is 9.05. The molecule has 148 valence electrons. The molecule has 5 nitrogen and oxygen atoms in total. The number of ether oxygens (including phenoxy) is 1. The van der Waals surface area contributed by atoms with Gasteiger partial charge in [0.15, 0.2) is 0 Å². The van der Waals surface area contributed by atoms with E-state index in [2.05, 4.69) is 0 Å². The molecule has 2 aliphatic heterocycles. The smallest absolute Gasteiger partial charge is 0.370 e. The number of benzene rings is 1. The zero-order chi connectivity index (χ0) is 19.8. The van der Waals surface area contributed by atoms with Gasteiger partial charge in [-0.2, -0.15) is 13.2 Å². The predicted molar refractivity (Wildman–Crippen MR) is 91.8 cm³/mol. The summed E-state index contributed by atoms with van der Waals surface area (Å²) in [5, 5.41) is 0. The van der Waals surface area contributed by atoms with Gasteiger partial charge in [-0.3, -0.25) is 9.59 Å². The lowest BCUT2D eigenvalue weighted by atomic mass is 10.0. The maximum atomic E-state index is 13.0. The Morgan fingerprint density at radius 1 is 1.15 bits per heavy atom. The summed E-state index contributed by atoms with van der Waals surface area (Å²) in [6.45, 7) is 4.27. The summed E-state index contributed by atoms with van der Waals surface area (Å²) in [6, 6.07) is 6.43. The zero-order valence-corrected chi connectivity index (χ0v) is 15.3. The number of hydrogen-bond acceptors (Lipinski definition) is 3. The summed E-state index contributed by atoms with van der Waals surface area (Å²) in [4.78, 5) is 26.9. The lowest BCUT2D eigenvalue weighted by Gasteiger charge is -2.40. The zero-order valence-electron chi connectivity index (χ0n) is 15.3. The number of nitrogens with zero attached hydrogens (tertiary/aromatic N) is 2. The van der Waals surface area contributed by atoms with E-state index in [1.807, 2.05) is 31.2 Å². The lowest BCUT2D eigenvalue weighted by Crippen LogP contribution is -2.56. The summed E-state index contributed by atoms with van der Waals surface area (Å²) < 4.78 is 44.3. The maximum Gasteiger partial charge on any atom is 0.471 e. The molecule has 0 radical (unpaired) electrons. The number of morpholine rings is 1.